The highest BCUT2D eigenvalue weighted by Gasteiger charge is 2.51. The van der Waals surface area contributed by atoms with E-state index >= 15 is 0 Å². The van der Waals surface area contributed by atoms with E-state index in [0.29, 0.717) is 0 Å². The van der Waals surface area contributed by atoms with E-state index in [0.717, 1.165) is 5.75 Å². The minimum absolute atomic E-state index is 0.184. The molecule has 1 atom stereocenters. The van der Waals surface area contributed by atoms with Crippen LogP contribution in [0.15, 0.2) is 126 Å². The topological polar surface area (TPSA) is 0 Å². The number of rotatable bonds is 7. The highest BCUT2D eigenvalue weighted by molar-refractivity contribution is 8.11. The zero-order valence-corrected chi connectivity index (χ0v) is 18.5. The summed E-state index contributed by atoms with van der Waals surface area (Å²) in [5.41, 5.74) is 1.17. The Kier molecular flexibility index (Phi) is 6.49. The second-order valence-corrected chi connectivity index (χ2v) is 13.3. The van der Waals surface area contributed by atoms with Gasteiger partial charge < -0.3 is 0 Å². The molecule has 0 nitrogen and oxygen atoms in total. The summed E-state index contributed by atoms with van der Waals surface area (Å²) in [5.74, 6) is 1.16. The molecule has 0 aliphatic heterocycles. The fourth-order valence-electron chi connectivity index (χ4n) is 3.90. The molecule has 0 aliphatic carbocycles. The fraction of sp³-hybridized carbons (Fsp3) is 0.111. The third kappa shape index (κ3) is 4.17. The standard InChI is InChI=1S/C27H27PS/c1-2-29(27-21-13-6-14-22-27)23-28(24-15-7-3-8-16-24,25-17-9-4-10-18-25)26-19-11-5-12-20-26/h3-22H,2,23H2,1H3/q+2. The van der Waals surface area contributed by atoms with Gasteiger partial charge in [0.05, 0.1) is 10.9 Å². The first-order valence-corrected chi connectivity index (χ1v) is 13.7. The van der Waals surface area contributed by atoms with E-state index in [2.05, 4.69) is 128 Å². The maximum absolute atomic E-state index is 2.34. The van der Waals surface area contributed by atoms with E-state index in [-0.39, 0.29) is 10.9 Å². The van der Waals surface area contributed by atoms with Crippen molar-refractivity contribution in [2.45, 2.75) is 11.8 Å². The van der Waals surface area contributed by atoms with Gasteiger partial charge in [0.2, 0.25) is 5.49 Å². The zero-order valence-electron chi connectivity index (χ0n) is 16.8. The molecule has 2 heteroatoms. The van der Waals surface area contributed by atoms with E-state index < -0.39 is 7.26 Å². The van der Waals surface area contributed by atoms with Crippen LogP contribution in [0.2, 0.25) is 0 Å². The monoisotopic (exact) mass is 414 g/mol. The molecular formula is C27H27PS+2. The van der Waals surface area contributed by atoms with E-state index in [1.807, 2.05) is 0 Å². The summed E-state index contributed by atoms with van der Waals surface area (Å²) >= 11 is 0. The van der Waals surface area contributed by atoms with Gasteiger partial charge in [0.1, 0.15) is 21.7 Å². The van der Waals surface area contributed by atoms with Crippen LogP contribution in [0.4, 0.5) is 0 Å². The number of benzene rings is 4. The molecule has 0 amide bonds. The molecule has 4 rings (SSSR count). The highest BCUT2D eigenvalue weighted by Crippen LogP contribution is 2.57. The molecular weight excluding hydrogens is 387 g/mol. The van der Waals surface area contributed by atoms with E-state index in [1.165, 1.54) is 26.3 Å². The van der Waals surface area contributed by atoms with Crippen molar-refractivity contribution < 1.29 is 0 Å². The van der Waals surface area contributed by atoms with Crippen molar-refractivity contribution in [1.29, 1.82) is 0 Å². The Morgan fingerprint density at radius 2 is 0.862 bits per heavy atom. The zero-order chi connectivity index (χ0) is 19.9. The third-order valence-electron chi connectivity index (χ3n) is 5.37. The fourth-order valence-corrected chi connectivity index (χ4v) is 12.7. The maximum atomic E-state index is 2.34. The number of hydrogen-bond acceptors (Lipinski definition) is 0. The van der Waals surface area contributed by atoms with E-state index in [1.54, 1.807) is 0 Å². The molecule has 0 aromatic heterocycles. The predicted molar refractivity (Wildman–Crippen MR) is 133 cm³/mol. The SMILES string of the molecule is CC[S+](C[P+](c1ccccc1)(c1ccccc1)c1ccccc1)c1ccccc1. The lowest BCUT2D eigenvalue weighted by atomic mass is 10.4. The van der Waals surface area contributed by atoms with Gasteiger partial charge in [0, 0.05) is 0 Å². The molecule has 0 fully saturated rings. The Morgan fingerprint density at radius 3 is 1.21 bits per heavy atom. The summed E-state index contributed by atoms with van der Waals surface area (Å²) in [6, 6.07) is 44.7. The molecule has 0 saturated carbocycles. The van der Waals surface area contributed by atoms with Gasteiger partial charge in [-0.2, -0.15) is 0 Å². The van der Waals surface area contributed by atoms with Crippen LogP contribution in [0.5, 0.6) is 0 Å². The molecule has 0 N–H and O–H groups in total. The van der Waals surface area contributed by atoms with Crippen LogP contribution in [0.3, 0.4) is 0 Å². The Hall–Kier alpha value is -2.34. The molecule has 0 spiro atoms. The van der Waals surface area contributed by atoms with Crippen molar-refractivity contribution in [1.82, 2.24) is 0 Å². The summed E-state index contributed by atoms with van der Waals surface area (Å²) in [4.78, 5) is 1.47. The molecule has 0 aliphatic rings. The summed E-state index contributed by atoms with van der Waals surface area (Å²) in [7, 11) is -1.60. The normalized spacial score (nSPS) is 12.4. The second-order valence-electron chi connectivity index (χ2n) is 7.04. The summed E-state index contributed by atoms with van der Waals surface area (Å²) in [6.45, 7) is 2.34. The Morgan fingerprint density at radius 1 is 0.517 bits per heavy atom. The summed E-state index contributed by atoms with van der Waals surface area (Å²) < 4.78 is 0. The van der Waals surface area contributed by atoms with Crippen molar-refractivity contribution >= 4 is 34.1 Å². The summed E-state index contributed by atoms with van der Waals surface area (Å²) in [5, 5.41) is 4.41. The van der Waals surface area contributed by atoms with Gasteiger partial charge in [-0.3, -0.25) is 0 Å². The smallest absolute Gasteiger partial charge is 0.0620 e. The molecule has 1 unspecified atom stereocenters. The van der Waals surface area contributed by atoms with Crippen molar-refractivity contribution in [2.24, 2.45) is 0 Å². The van der Waals surface area contributed by atoms with Crippen LogP contribution >= 0.6 is 7.26 Å². The molecule has 4 aromatic rings. The average Bonchev–Trinajstić information content (AvgIpc) is 2.82. The lowest BCUT2D eigenvalue weighted by Gasteiger charge is -2.26. The van der Waals surface area contributed by atoms with Crippen LogP contribution in [-0.4, -0.2) is 11.2 Å². The lowest BCUT2D eigenvalue weighted by molar-refractivity contribution is 1.39. The predicted octanol–water partition coefficient (Wildman–Crippen LogP) is 5.64. The number of hydrogen-bond donors (Lipinski definition) is 0. The quantitative estimate of drug-likeness (QED) is 0.271. The van der Waals surface area contributed by atoms with Gasteiger partial charge in [0.25, 0.3) is 0 Å². The van der Waals surface area contributed by atoms with Gasteiger partial charge in [-0.05, 0) is 55.5 Å². The molecule has 0 saturated heterocycles. The van der Waals surface area contributed by atoms with Crippen LogP contribution in [-0.2, 0) is 10.9 Å². The van der Waals surface area contributed by atoms with Crippen LogP contribution in [0.1, 0.15) is 6.92 Å². The Bertz CT molecular complexity index is 905. The van der Waals surface area contributed by atoms with Crippen LogP contribution in [0.25, 0.3) is 0 Å². The van der Waals surface area contributed by atoms with Gasteiger partial charge in [0.15, 0.2) is 12.2 Å². The van der Waals surface area contributed by atoms with Crippen molar-refractivity contribution in [3.05, 3.63) is 121 Å². The molecule has 0 heterocycles. The first kappa shape index (κ1) is 20.0. The van der Waals surface area contributed by atoms with Crippen molar-refractivity contribution in [3.63, 3.8) is 0 Å². The molecule has 0 radical (unpaired) electrons. The molecule has 0 bridgehead atoms. The van der Waals surface area contributed by atoms with Gasteiger partial charge >= 0.3 is 0 Å². The van der Waals surface area contributed by atoms with Crippen LogP contribution in [0, 0.1) is 0 Å². The Labute approximate surface area is 178 Å². The van der Waals surface area contributed by atoms with E-state index in [4.69, 9.17) is 0 Å². The summed E-state index contributed by atoms with van der Waals surface area (Å²) in [6.07, 6.45) is 0. The van der Waals surface area contributed by atoms with E-state index in [9.17, 15) is 0 Å². The maximum Gasteiger partial charge on any atom is 0.227 e. The molecule has 29 heavy (non-hydrogen) atoms. The van der Waals surface area contributed by atoms with Crippen molar-refractivity contribution in [3.8, 4) is 0 Å². The van der Waals surface area contributed by atoms with Gasteiger partial charge in [-0.1, -0.05) is 72.8 Å². The highest BCUT2D eigenvalue weighted by atomic mass is 32.2. The lowest BCUT2D eigenvalue weighted by Crippen LogP contribution is -2.36. The third-order valence-corrected chi connectivity index (χ3v) is 13.3. The van der Waals surface area contributed by atoms with Crippen molar-refractivity contribution in [2.75, 3.05) is 11.2 Å². The minimum Gasteiger partial charge on any atom is -0.0620 e. The average molecular weight is 415 g/mol. The molecule has 144 valence electrons. The van der Waals surface area contributed by atoms with Crippen LogP contribution < -0.4 is 15.9 Å². The van der Waals surface area contributed by atoms with Gasteiger partial charge in [-0.15, -0.1) is 0 Å². The largest absolute Gasteiger partial charge is 0.227 e. The first-order valence-electron chi connectivity index (χ1n) is 10.1. The molecule has 4 aromatic carbocycles. The second kappa shape index (κ2) is 9.44. The first-order chi connectivity index (χ1) is 14.3. The van der Waals surface area contributed by atoms with Gasteiger partial charge in [-0.25, -0.2) is 0 Å². The minimum atomic E-state index is -1.78. The Balaban J connectivity index is 1.95.